The lowest BCUT2D eigenvalue weighted by molar-refractivity contribution is 0.415. The van der Waals surface area contributed by atoms with E-state index in [1.807, 2.05) is 12.1 Å². The largest absolute Gasteiger partial charge is 0.497 e. The molecule has 1 aliphatic heterocycles. The number of nitrogens with zero attached hydrogens (tertiary/aromatic N) is 2. The van der Waals surface area contributed by atoms with Crippen LogP contribution in [0, 0.1) is 0 Å². The summed E-state index contributed by atoms with van der Waals surface area (Å²) in [5.74, 6) is 0.904. The monoisotopic (exact) mass is 479 g/mol. The molecule has 2 fully saturated rings. The van der Waals surface area contributed by atoms with Gasteiger partial charge in [0.1, 0.15) is 11.6 Å². The lowest BCUT2D eigenvalue weighted by atomic mass is 10.00. The molecule has 4 N–H and O–H groups in total. The number of benzene rings is 2. The van der Waals surface area contributed by atoms with E-state index in [0.717, 1.165) is 48.4 Å². The summed E-state index contributed by atoms with van der Waals surface area (Å²) >= 11 is 0. The fraction of sp³-hybridized carbons (Fsp3) is 0.320. The molecule has 0 spiro atoms. The second kappa shape index (κ2) is 9.15. The van der Waals surface area contributed by atoms with Crippen LogP contribution in [-0.4, -0.2) is 51.9 Å². The minimum absolute atomic E-state index is 0.318. The van der Waals surface area contributed by atoms with Crippen LogP contribution in [0.3, 0.4) is 0 Å². The maximum Gasteiger partial charge on any atom is 0.235 e. The lowest BCUT2D eigenvalue weighted by Gasteiger charge is -2.29. The molecule has 5 rings (SSSR count). The number of nitrogen functional groups attached to an aromatic ring is 1. The van der Waals surface area contributed by atoms with Gasteiger partial charge in [-0.05, 0) is 54.3 Å². The van der Waals surface area contributed by atoms with Crippen molar-refractivity contribution in [1.82, 2.24) is 10.3 Å². The first-order chi connectivity index (χ1) is 16.4. The van der Waals surface area contributed by atoms with Gasteiger partial charge in [-0.15, -0.1) is 0 Å². The van der Waals surface area contributed by atoms with E-state index < -0.39 is 10.0 Å². The van der Waals surface area contributed by atoms with Crippen molar-refractivity contribution in [3.63, 3.8) is 0 Å². The van der Waals surface area contributed by atoms with E-state index in [-0.39, 0.29) is 5.25 Å². The molecule has 1 aliphatic carbocycles. The summed E-state index contributed by atoms with van der Waals surface area (Å²) < 4.78 is 33.0. The minimum Gasteiger partial charge on any atom is -0.497 e. The number of nitrogens with one attached hydrogen (secondary N) is 2. The number of sulfonamides is 1. The zero-order valence-electron chi connectivity index (χ0n) is 19.1. The molecule has 3 aromatic rings. The van der Waals surface area contributed by atoms with Crippen LogP contribution in [0.25, 0.3) is 22.3 Å². The molecular formula is C25H29N5O3S. The van der Waals surface area contributed by atoms with E-state index in [2.05, 4.69) is 44.2 Å². The molecule has 9 heteroatoms. The first-order valence-electron chi connectivity index (χ1n) is 11.5. The van der Waals surface area contributed by atoms with Crippen LogP contribution in [0.4, 0.5) is 17.2 Å². The van der Waals surface area contributed by atoms with Crippen LogP contribution in [0.1, 0.15) is 12.8 Å². The molecule has 8 nitrogen and oxygen atoms in total. The Balaban J connectivity index is 1.46. The third-order valence-corrected chi connectivity index (χ3v) is 8.15. The zero-order chi connectivity index (χ0) is 23.7. The van der Waals surface area contributed by atoms with Gasteiger partial charge in [0, 0.05) is 55.3 Å². The number of piperazine rings is 1. The molecule has 2 heterocycles. The van der Waals surface area contributed by atoms with E-state index in [1.165, 1.54) is 5.69 Å². The Bertz CT molecular complexity index is 1280. The smallest absolute Gasteiger partial charge is 0.235 e. The maximum atomic E-state index is 12.5. The average molecular weight is 480 g/mol. The molecule has 178 valence electrons. The summed E-state index contributed by atoms with van der Waals surface area (Å²) in [4.78, 5) is 6.79. The topological polar surface area (TPSA) is 110 Å². The molecular weight excluding hydrogens is 450 g/mol. The van der Waals surface area contributed by atoms with Crippen molar-refractivity contribution in [2.45, 2.75) is 18.1 Å². The number of anilines is 3. The Morgan fingerprint density at radius 3 is 2.44 bits per heavy atom. The van der Waals surface area contributed by atoms with Gasteiger partial charge in [-0.3, -0.25) is 4.72 Å². The van der Waals surface area contributed by atoms with Gasteiger partial charge in [0.05, 0.1) is 18.0 Å². The molecule has 1 saturated heterocycles. The average Bonchev–Trinajstić information content (AvgIpc) is 3.71. The van der Waals surface area contributed by atoms with Gasteiger partial charge in [-0.25, -0.2) is 13.4 Å². The molecule has 2 aromatic carbocycles. The number of hydrogen-bond acceptors (Lipinski definition) is 7. The van der Waals surface area contributed by atoms with Crippen molar-refractivity contribution in [3.05, 3.63) is 54.7 Å². The van der Waals surface area contributed by atoms with Crippen molar-refractivity contribution in [3.8, 4) is 28.0 Å². The number of aromatic nitrogens is 1. The van der Waals surface area contributed by atoms with Gasteiger partial charge < -0.3 is 20.7 Å². The van der Waals surface area contributed by atoms with Crippen LogP contribution in [0.5, 0.6) is 5.75 Å². The van der Waals surface area contributed by atoms with E-state index in [4.69, 9.17) is 10.5 Å². The van der Waals surface area contributed by atoms with Gasteiger partial charge in [0.25, 0.3) is 0 Å². The van der Waals surface area contributed by atoms with Crippen molar-refractivity contribution < 1.29 is 13.2 Å². The SMILES string of the molecule is COc1cc(NS(=O)(=O)C2CC2)cc(-c2cc(-c3ccc(N4CCNCC4)cc3)cnc2N)c1. The first kappa shape index (κ1) is 22.5. The van der Waals surface area contributed by atoms with Gasteiger partial charge in [0.15, 0.2) is 0 Å². The molecule has 0 unspecified atom stereocenters. The molecule has 1 saturated carbocycles. The number of ether oxygens (including phenoxy) is 1. The van der Waals surface area contributed by atoms with Crippen molar-refractivity contribution in [2.75, 3.05) is 48.6 Å². The third kappa shape index (κ3) is 4.80. The number of rotatable bonds is 7. The molecule has 34 heavy (non-hydrogen) atoms. The summed E-state index contributed by atoms with van der Waals surface area (Å²) in [6.45, 7) is 3.98. The summed E-state index contributed by atoms with van der Waals surface area (Å²) in [7, 11) is -1.85. The summed E-state index contributed by atoms with van der Waals surface area (Å²) in [6, 6.07) is 15.7. The van der Waals surface area contributed by atoms with Gasteiger partial charge in [0.2, 0.25) is 10.0 Å². The maximum absolute atomic E-state index is 12.5. The molecule has 0 atom stereocenters. The Labute approximate surface area is 200 Å². The quantitative estimate of drug-likeness (QED) is 0.477. The standard InChI is InChI=1S/C25H29N5O3S/c1-33-22-13-18(12-20(15-22)29-34(31,32)23-6-7-23)24-14-19(16-28-25(24)26)17-2-4-21(5-3-17)30-10-8-27-9-11-30/h2-5,12-16,23,27,29H,6-11H2,1H3,(H2,26,28). The predicted octanol–water partition coefficient (Wildman–Crippen LogP) is 3.32. The fourth-order valence-corrected chi connectivity index (χ4v) is 5.58. The van der Waals surface area contributed by atoms with Crippen LogP contribution >= 0.6 is 0 Å². The van der Waals surface area contributed by atoms with E-state index >= 15 is 0 Å². The Morgan fingerprint density at radius 1 is 1.03 bits per heavy atom. The fourth-order valence-electron chi connectivity index (χ4n) is 4.21. The minimum atomic E-state index is -3.40. The number of methoxy groups -OCH3 is 1. The highest BCUT2D eigenvalue weighted by Crippen LogP contribution is 2.36. The Morgan fingerprint density at radius 2 is 1.76 bits per heavy atom. The van der Waals surface area contributed by atoms with Crippen molar-refractivity contribution in [1.29, 1.82) is 0 Å². The summed E-state index contributed by atoms with van der Waals surface area (Å²) in [6.07, 6.45) is 3.15. The van der Waals surface area contributed by atoms with Gasteiger partial charge >= 0.3 is 0 Å². The Kier molecular flexibility index (Phi) is 6.05. The summed E-state index contributed by atoms with van der Waals surface area (Å²) in [5.41, 5.74) is 11.3. The third-order valence-electron chi connectivity index (χ3n) is 6.28. The molecule has 0 radical (unpaired) electrons. The van der Waals surface area contributed by atoms with Crippen LogP contribution < -0.4 is 25.4 Å². The van der Waals surface area contributed by atoms with Crippen molar-refractivity contribution in [2.24, 2.45) is 0 Å². The number of hydrogen-bond donors (Lipinski definition) is 3. The number of nitrogens with two attached hydrogens (primary N) is 1. The van der Waals surface area contributed by atoms with Crippen LogP contribution in [-0.2, 0) is 10.0 Å². The van der Waals surface area contributed by atoms with Crippen molar-refractivity contribution >= 4 is 27.2 Å². The van der Waals surface area contributed by atoms with Gasteiger partial charge in [-0.2, -0.15) is 0 Å². The van der Waals surface area contributed by atoms with E-state index in [0.29, 0.717) is 30.1 Å². The second-order valence-electron chi connectivity index (χ2n) is 8.74. The Hall–Kier alpha value is -3.30. The highest BCUT2D eigenvalue weighted by molar-refractivity contribution is 7.93. The second-order valence-corrected chi connectivity index (χ2v) is 10.7. The predicted molar refractivity (Wildman–Crippen MR) is 137 cm³/mol. The molecule has 2 aliphatic rings. The first-order valence-corrected chi connectivity index (χ1v) is 13.0. The van der Waals surface area contributed by atoms with E-state index in [9.17, 15) is 8.42 Å². The summed E-state index contributed by atoms with van der Waals surface area (Å²) in [5, 5.41) is 3.05. The van der Waals surface area contributed by atoms with E-state index in [1.54, 1.807) is 25.4 Å². The molecule has 0 bridgehead atoms. The van der Waals surface area contributed by atoms with Crippen LogP contribution in [0.2, 0.25) is 0 Å². The van der Waals surface area contributed by atoms with Crippen LogP contribution in [0.15, 0.2) is 54.7 Å². The lowest BCUT2D eigenvalue weighted by Crippen LogP contribution is -2.43. The normalized spacial score (nSPS) is 16.3. The van der Waals surface area contributed by atoms with Gasteiger partial charge in [-0.1, -0.05) is 12.1 Å². The highest BCUT2D eigenvalue weighted by Gasteiger charge is 2.35. The zero-order valence-corrected chi connectivity index (χ0v) is 19.9. The molecule has 0 amide bonds. The molecule has 1 aromatic heterocycles. The highest BCUT2D eigenvalue weighted by atomic mass is 32.2. The number of pyridine rings is 1.